The van der Waals surface area contributed by atoms with Crippen molar-refractivity contribution >= 4 is 22.9 Å². The first-order valence-electron chi connectivity index (χ1n) is 13.1. The van der Waals surface area contributed by atoms with E-state index in [4.69, 9.17) is 15.2 Å². The van der Waals surface area contributed by atoms with Crippen LogP contribution in [0.25, 0.3) is 16.9 Å². The number of anilines is 1. The van der Waals surface area contributed by atoms with Crippen LogP contribution in [0.4, 0.5) is 5.82 Å². The van der Waals surface area contributed by atoms with Crippen LogP contribution in [0.5, 0.6) is 11.5 Å². The number of amides is 1. The molecule has 0 unspecified atom stereocenters. The molecule has 41 heavy (non-hydrogen) atoms. The number of ether oxygens (including phenoxy) is 2. The second kappa shape index (κ2) is 10.9. The van der Waals surface area contributed by atoms with Crippen LogP contribution in [0.2, 0.25) is 0 Å². The molecule has 1 aliphatic heterocycles. The Morgan fingerprint density at radius 1 is 1.17 bits per heavy atom. The zero-order valence-corrected chi connectivity index (χ0v) is 23.1. The number of nitriles is 1. The number of imidazole rings is 1. The molecule has 3 heterocycles. The van der Waals surface area contributed by atoms with Gasteiger partial charge in [-0.15, -0.1) is 0 Å². The number of nitrogens with two attached hydrogens (primary N) is 1. The van der Waals surface area contributed by atoms with Gasteiger partial charge in [0.15, 0.2) is 11.5 Å². The summed E-state index contributed by atoms with van der Waals surface area (Å²) >= 11 is 0. The first-order chi connectivity index (χ1) is 19.6. The fourth-order valence-electron chi connectivity index (χ4n) is 4.67. The highest BCUT2D eigenvalue weighted by atomic mass is 16.5. The van der Waals surface area contributed by atoms with Crippen molar-refractivity contribution in [3.05, 3.63) is 83.1 Å². The van der Waals surface area contributed by atoms with Gasteiger partial charge in [-0.1, -0.05) is 45.0 Å². The Morgan fingerprint density at radius 2 is 1.85 bits per heavy atom. The number of para-hydroxylation sites is 1. The molecule has 0 atom stereocenters. The molecule has 210 valence electrons. The quantitative estimate of drug-likeness (QED) is 0.236. The number of nitrogens with one attached hydrogen (secondary N) is 1. The standard InChI is InChI=1S/C30H31N7O4/c1-29(2,15-33-27(38)20(14-31)13-30(3)17-40-18-30)16-36-26-24(25(32)34-19-35-26)37(28(36)39)21-9-11-23(12-10-21)41-22-7-5-4-6-8-22/h4-13,19H,15-18H2,1-3H3,(H,33,38)(H2,32,34,35). The van der Waals surface area contributed by atoms with Crippen LogP contribution in [0.15, 0.2) is 77.4 Å². The van der Waals surface area contributed by atoms with Crippen molar-refractivity contribution in [3.63, 3.8) is 0 Å². The number of hydrogen-bond donors (Lipinski definition) is 2. The van der Waals surface area contributed by atoms with Crippen molar-refractivity contribution in [1.82, 2.24) is 24.4 Å². The molecule has 5 rings (SSSR count). The third-order valence-electron chi connectivity index (χ3n) is 6.84. The number of benzene rings is 2. The lowest BCUT2D eigenvalue weighted by atomic mass is 9.86. The first kappa shape index (κ1) is 27.6. The van der Waals surface area contributed by atoms with Crippen LogP contribution in [0, 0.1) is 22.2 Å². The highest BCUT2D eigenvalue weighted by Gasteiger charge is 2.33. The number of aromatic nitrogens is 4. The minimum atomic E-state index is -0.588. The fraction of sp³-hybridized carbons (Fsp3) is 0.300. The summed E-state index contributed by atoms with van der Waals surface area (Å²) in [4.78, 5) is 35.1. The van der Waals surface area contributed by atoms with Gasteiger partial charge in [0.1, 0.15) is 35.0 Å². The second-order valence-corrected chi connectivity index (χ2v) is 11.2. The molecule has 1 fully saturated rings. The van der Waals surface area contributed by atoms with Crippen LogP contribution in [0.3, 0.4) is 0 Å². The Bertz CT molecular complexity index is 1710. The monoisotopic (exact) mass is 553 g/mol. The molecule has 0 bridgehead atoms. The maximum Gasteiger partial charge on any atom is 0.335 e. The van der Waals surface area contributed by atoms with E-state index >= 15 is 0 Å². The van der Waals surface area contributed by atoms with Crippen LogP contribution in [-0.2, 0) is 16.1 Å². The van der Waals surface area contributed by atoms with E-state index in [2.05, 4.69) is 15.3 Å². The first-order valence-corrected chi connectivity index (χ1v) is 13.1. The van der Waals surface area contributed by atoms with E-state index < -0.39 is 11.3 Å². The average Bonchev–Trinajstić information content (AvgIpc) is 3.22. The number of carbonyl (C=O) groups is 1. The molecule has 0 saturated carbocycles. The van der Waals surface area contributed by atoms with Gasteiger partial charge in [0.05, 0.1) is 18.9 Å². The van der Waals surface area contributed by atoms with Gasteiger partial charge in [-0.3, -0.25) is 13.9 Å². The van der Waals surface area contributed by atoms with E-state index in [-0.39, 0.29) is 35.6 Å². The van der Waals surface area contributed by atoms with Gasteiger partial charge in [-0.05, 0) is 36.4 Å². The summed E-state index contributed by atoms with van der Waals surface area (Å²) in [5.74, 6) is 1.01. The zero-order valence-electron chi connectivity index (χ0n) is 23.1. The highest BCUT2D eigenvalue weighted by molar-refractivity contribution is 5.97. The average molecular weight is 554 g/mol. The van der Waals surface area contributed by atoms with Gasteiger partial charge in [-0.2, -0.15) is 5.26 Å². The minimum Gasteiger partial charge on any atom is -0.457 e. The van der Waals surface area contributed by atoms with Gasteiger partial charge < -0.3 is 20.5 Å². The lowest BCUT2D eigenvalue weighted by Crippen LogP contribution is -2.41. The predicted octanol–water partition coefficient (Wildman–Crippen LogP) is 3.59. The Kier molecular flexibility index (Phi) is 7.34. The van der Waals surface area contributed by atoms with Gasteiger partial charge in [0, 0.05) is 23.9 Å². The molecule has 0 radical (unpaired) electrons. The number of hydrogen-bond acceptors (Lipinski definition) is 8. The van der Waals surface area contributed by atoms with Gasteiger partial charge in [0.25, 0.3) is 5.91 Å². The summed E-state index contributed by atoms with van der Waals surface area (Å²) < 4.78 is 14.1. The molecule has 1 aliphatic rings. The van der Waals surface area contributed by atoms with Gasteiger partial charge in [-0.25, -0.2) is 14.8 Å². The topological polar surface area (TPSA) is 150 Å². The van der Waals surface area contributed by atoms with Crippen molar-refractivity contribution in [2.75, 3.05) is 25.5 Å². The van der Waals surface area contributed by atoms with Crippen molar-refractivity contribution in [1.29, 1.82) is 5.26 Å². The van der Waals surface area contributed by atoms with Crippen molar-refractivity contribution in [2.24, 2.45) is 10.8 Å². The number of rotatable bonds is 9. The molecule has 11 heteroatoms. The Labute approximate surface area is 236 Å². The molecule has 1 saturated heterocycles. The Balaban J connectivity index is 1.40. The van der Waals surface area contributed by atoms with Crippen molar-refractivity contribution in [2.45, 2.75) is 27.3 Å². The number of fused-ring (bicyclic) bond motifs is 1. The van der Waals surface area contributed by atoms with E-state index in [1.807, 2.05) is 57.2 Å². The van der Waals surface area contributed by atoms with Crippen LogP contribution in [0.1, 0.15) is 20.8 Å². The molecule has 2 aromatic heterocycles. The van der Waals surface area contributed by atoms with Crippen LogP contribution in [-0.4, -0.2) is 44.8 Å². The number of nitrogen functional groups attached to an aromatic ring is 1. The third kappa shape index (κ3) is 5.83. The third-order valence-corrected chi connectivity index (χ3v) is 6.84. The predicted molar refractivity (Wildman–Crippen MR) is 153 cm³/mol. The normalized spacial score (nSPS) is 14.7. The highest BCUT2D eigenvalue weighted by Crippen LogP contribution is 2.30. The van der Waals surface area contributed by atoms with Crippen molar-refractivity contribution in [3.8, 4) is 23.3 Å². The summed E-state index contributed by atoms with van der Waals surface area (Å²) in [6, 6.07) is 18.5. The van der Waals surface area contributed by atoms with Crippen LogP contribution < -0.4 is 21.5 Å². The Hall–Kier alpha value is -4.95. The number of nitrogens with zero attached hydrogens (tertiary/aromatic N) is 5. The minimum absolute atomic E-state index is 0.0422. The molecular formula is C30H31N7O4. The molecule has 11 nitrogen and oxygen atoms in total. The molecule has 3 N–H and O–H groups in total. The summed E-state index contributed by atoms with van der Waals surface area (Å²) in [7, 11) is 0. The Morgan fingerprint density at radius 3 is 2.49 bits per heavy atom. The molecule has 0 aliphatic carbocycles. The molecule has 0 spiro atoms. The van der Waals surface area contributed by atoms with Gasteiger partial charge >= 0.3 is 5.69 Å². The summed E-state index contributed by atoms with van der Waals surface area (Å²) in [6.45, 7) is 7.14. The van der Waals surface area contributed by atoms with Gasteiger partial charge in [0.2, 0.25) is 0 Å². The largest absolute Gasteiger partial charge is 0.457 e. The number of carbonyl (C=O) groups excluding carboxylic acids is 1. The summed E-state index contributed by atoms with van der Waals surface area (Å²) in [5, 5.41) is 12.4. The molecular weight excluding hydrogens is 522 g/mol. The SMILES string of the molecule is CC(C)(CNC(=O)C(C#N)=CC1(C)COC1)Cn1c(=O)n(-c2ccc(Oc3ccccc3)cc2)c2c(N)ncnc21. The van der Waals surface area contributed by atoms with E-state index in [1.54, 1.807) is 30.3 Å². The lowest BCUT2D eigenvalue weighted by Gasteiger charge is -2.35. The molecule has 2 aromatic carbocycles. The molecule has 1 amide bonds. The summed E-state index contributed by atoms with van der Waals surface area (Å²) in [5.41, 5.74) is 6.36. The molecule has 4 aromatic rings. The zero-order chi connectivity index (χ0) is 29.2. The van der Waals surface area contributed by atoms with E-state index in [1.165, 1.54) is 15.5 Å². The smallest absolute Gasteiger partial charge is 0.335 e. The van der Waals surface area contributed by atoms with Crippen molar-refractivity contribution < 1.29 is 14.3 Å². The van der Waals surface area contributed by atoms with E-state index in [0.29, 0.717) is 41.6 Å². The van der Waals surface area contributed by atoms with E-state index in [9.17, 15) is 14.9 Å². The maximum atomic E-state index is 13.8. The van der Waals surface area contributed by atoms with Crippen LogP contribution >= 0.6 is 0 Å². The van der Waals surface area contributed by atoms with E-state index in [0.717, 1.165) is 0 Å². The maximum absolute atomic E-state index is 13.8. The summed E-state index contributed by atoms with van der Waals surface area (Å²) in [6.07, 6.45) is 2.98. The second-order valence-electron chi connectivity index (χ2n) is 11.2. The lowest BCUT2D eigenvalue weighted by molar-refractivity contribution is -0.118. The fourth-order valence-corrected chi connectivity index (χ4v) is 4.67.